The van der Waals surface area contributed by atoms with Gasteiger partial charge in [0.15, 0.2) is 0 Å². The van der Waals surface area contributed by atoms with Crippen molar-refractivity contribution < 1.29 is 0 Å². The Bertz CT molecular complexity index is 375. The molecule has 1 nitrogen and oxygen atoms in total. The fourth-order valence-corrected chi connectivity index (χ4v) is 2.27. The fourth-order valence-electron chi connectivity index (χ4n) is 2.27. The normalized spacial score (nSPS) is 17.8. The van der Waals surface area contributed by atoms with E-state index in [0.29, 0.717) is 0 Å². The van der Waals surface area contributed by atoms with Crippen molar-refractivity contribution in [1.82, 2.24) is 0 Å². The third kappa shape index (κ3) is 1.28. The summed E-state index contributed by atoms with van der Waals surface area (Å²) in [4.78, 5) is 0. The van der Waals surface area contributed by atoms with Gasteiger partial charge in [0.05, 0.1) is 0 Å². The van der Waals surface area contributed by atoms with Crippen molar-refractivity contribution in [3.05, 3.63) is 41.0 Å². The van der Waals surface area contributed by atoms with E-state index in [9.17, 15) is 0 Å². The molecule has 1 aliphatic rings. The molecule has 0 aromatic heterocycles. The van der Waals surface area contributed by atoms with Crippen LogP contribution in [-0.2, 0) is 5.41 Å². The van der Waals surface area contributed by atoms with Crippen LogP contribution in [0.4, 0.5) is 0 Å². The van der Waals surface area contributed by atoms with Crippen molar-refractivity contribution in [3.63, 3.8) is 0 Å². The highest BCUT2D eigenvalue weighted by atomic mass is 14.5. The predicted molar refractivity (Wildman–Crippen MR) is 61.1 cm³/mol. The third-order valence-corrected chi connectivity index (χ3v) is 3.18. The van der Waals surface area contributed by atoms with Gasteiger partial charge in [-0.05, 0) is 24.1 Å². The maximum Gasteiger partial charge on any atom is 0.0115 e. The Kier molecular flexibility index (Phi) is 2.20. The van der Waals surface area contributed by atoms with Crippen molar-refractivity contribution in [1.29, 1.82) is 0 Å². The number of hydrogen-bond acceptors (Lipinski definition) is 1. The highest BCUT2D eigenvalue weighted by molar-refractivity contribution is 5.68. The van der Waals surface area contributed by atoms with Crippen LogP contribution in [0.25, 0.3) is 6.08 Å². The Hall–Kier alpha value is -1.08. The average Bonchev–Trinajstić information content (AvgIpc) is 2.41. The lowest BCUT2D eigenvalue weighted by Gasteiger charge is -2.24. The lowest BCUT2D eigenvalue weighted by molar-refractivity contribution is 0.610. The molecule has 0 aliphatic heterocycles. The Morgan fingerprint density at radius 1 is 1.21 bits per heavy atom. The van der Waals surface area contributed by atoms with Crippen LogP contribution in [0.5, 0.6) is 0 Å². The van der Waals surface area contributed by atoms with Gasteiger partial charge in [0.1, 0.15) is 0 Å². The van der Waals surface area contributed by atoms with Gasteiger partial charge >= 0.3 is 0 Å². The van der Waals surface area contributed by atoms with Gasteiger partial charge in [0, 0.05) is 5.41 Å². The molecule has 0 spiro atoms. The van der Waals surface area contributed by atoms with E-state index in [1.807, 2.05) is 0 Å². The quantitative estimate of drug-likeness (QED) is 0.757. The molecule has 2 rings (SSSR count). The van der Waals surface area contributed by atoms with Crippen LogP contribution in [0.1, 0.15) is 31.4 Å². The summed E-state index contributed by atoms with van der Waals surface area (Å²) in [5.41, 5.74) is 10.1. The van der Waals surface area contributed by atoms with Gasteiger partial charge in [-0.15, -0.1) is 0 Å². The number of hydrogen-bond donors (Lipinski definition) is 1. The highest BCUT2D eigenvalue weighted by Gasteiger charge is 2.31. The molecule has 0 fully saturated rings. The minimum Gasteiger partial charge on any atom is -0.330 e. The Morgan fingerprint density at radius 2 is 1.93 bits per heavy atom. The summed E-state index contributed by atoms with van der Waals surface area (Å²) in [5.74, 6) is 0. The summed E-state index contributed by atoms with van der Waals surface area (Å²) in [6, 6.07) is 8.60. The first-order valence-electron chi connectivity index (χ1n) is 5.17. The Labute approximate surface area is 85.6 Å². The molecule has 0 saturated heterocycles. The summed E-state index contributed by atoms with van der Waals surface area (Å²) < 4.78 is 0. The molecule has 0 bridgehead atoms. The van der Waals surface area contributed by atoms with Crippen LogP contribution in [0.15, 0.2) is 29.8 Å². The van der Waals surface area contributed by atoms with Crippen LogP contribution in [0.3, 0.4) is 0 Å². The maximum atomic E-state index is 5.62. The predicted octanol–water partition coefficient (Wildman–Crippen LogP) is 2.71. The second kappa shape index (κ2) is 3.25. The zero-order valence-corrected chi connectivity index (χ0v) is 8.88. The molecule has 1 aromatic carbocycles. The first-order chi connectivity index (χ1) is 6.66. The highest BCUT2D eigenvalue weighted by Crippen LogP contribution is 2.42. The molecule has 0 amide bonds. The van der Waals surface area contributed by atoms with E-state index in [-0.39, 0.29) is 5.41 Å². The monoisotopic (exact) mass is 187 g/mol. The van der Waals surface area contributed by atoms with Gasteiger partial charge in [-0.3, -0.25) is 0 Å². The number of benzene rings is 1. The first kappa shape index (κ1) is 9.47. The standard InChI is InChI=1S/C13H17N/c1-13(2)11(7-8-14)9-10-5-3-4-6-12(10)13/h3-6,9H,7-8,14H2,1-2H3. The second-order valence-corrected chi connectivity index (χ2v) is 4.42. The van der Waals surface area contributed by atoms with Crippen molar-refractivity contribution in [3.8, 4) is 0 Å². The summed E-state index contributed by atoms with van der Waals surface area (Å²) in [6.07, 6.45) is 3.30. The molecular weight excluding hydrogens is 170 g/mol. The number of fused-ring (bicyclic) bond motifs is 1. The van der Waals surface area contributed by atoms with E-state index in [1.165, 1.54) is 16.7 Å². The van der Waals surface area contributed by atoms with Crippen LogP contribution < -0.4 is 5.73 Å². The van der Waals surface area contributed by atoms with E-state index in [0.717, 1.165) is 13.0 Å². The van der Waals surface area contributed by atoms with Gasteiger partial charge in [-0.1, -0.05) is 49.8 Å². The summed E-state index contributed by atoms with van der Waals surface area (Å²) in [6.45, 7) is 5.30. The molecule has 0 radical (unpaired) electrons. The van der Waals surface area contributed by atoms with Gasteiger partial charge in [0.2, 0.25) is 0 Å². The zero-order valence-electron chi connectivity index (χ0n) is 8.88. The van der Waals surface area contributed by atoms with E-state index < -0.39 is 0 Å². The van der Waals surface area contributed by atoms with E-state index in [4.69, 9.17) is 5.73 Å². The number of rotatable bonds is 2. The Balaban J connectivity index is 2.45. The number of nitrogens with two attached hydrogens (primary N) is 1. The lowest BCUT2D eigenvalue weighted by Crippen LogP contribution is -2.19. The van der Waals surface area contributed by atoms with Gasteiger partial charge in [0.25, 0.3) is 0 Å². The summed E-state index contributed by atoms with van der Waals surface area (Å²) in [7, 11) is 0. The summed E-state index contributed by atoms with van der Waals surface area (Å²) in [5, 5.41) is 0. The molecule has 0 unspecified atom stereocenters. The summed E-state index contributed by atoms with van der Waals surface area (Å²) >= 11 is 0. The SMILES string of the molecule is CC1(C)C(CCN)=Cc2ccccc21. The molecule has 74 valence electrons. The van der Waals surface area contributed by atoms with Crippen LogP contribution in [-0.4, -0.2) is 6.54 Å². The maximum absolute atomic E-state index is 5.62. The van der Waals surface area contributed by atoms with Gasteiger partial charge < -0.3 is 5.73 Å². The van der Waals surface area contributed by atoms with E-state index >= 15 is 0 Å². The molecular formula is C13H17N. The van der Waals surface area contributed by atoms with Crippen LogP contribution in [0.2, 0.25) is 0 Å². The first-order valence-corrected chi connectivity index (χ1v) is 5.17. The van der Waals surface area contributed by atoms with E-state index in [1.54, 1.807) is 0 Å². The largest absolute Gasteiger partial charge is 0.330 e. The van der Waals surface area contributed by atoms with Crippen LogP contribution >= 0.6 is 0 Å². The molecule has 0 saturated carbocycles. The Morgan fingerprint density at radius 3 is 2.57 bits per heavy atom. The van der Waals surface area contributed by atoms with Crippen molar-refractivity contribution in [2.24, 2.45) is 5.73 Å². The van der Waals surface area contributed by atoms with Gasteiger partial charge in [-0.25, -0.2) is 0 Å². The molecule has 1 aromatic rings. The molecule has 1 heteroatoms. The average molecular weight is 187 g/mol. The fraction of sp³-hybridized carbons (Fsp3) is 0.385. The molecule has 0 heterocycles. The van der Waals surface area contributed by atoms with Crippen molar-refractivity contribution in [2.75, 3.05) is 6.54 Å². The second-order valence-electron chi connectivity index (χ2n) is 4.42. The zero-order chi connectivity index (χ0) is 10.2. The molecule has 2 N–H and O–H groups in total. The molecule has 14 heavy (non-hydrogen) atoms. The van der Waals surface area contributed by atoms with Crippen molar-refractivity contribution >= 4 is 6.08 Å². The third-order valence-electron chi connectivity index (χ3n) is 3.18. The minimum atomic E-state index is 0.177. The van der Waals surface area contributed by atoms with Crippen molar-refractivity contribution in [2.45, 2.75) is 25.7 Å². The smallest absolute Gasteiger partial charge is 0.0115 e. The van der Waals surface area contributed by atoms with Gasteiger partial charge in [-0.2, -0.15) is 0 Å². The minimum absolute atomic E-state index is 0.177. The molecule has 1 aliphatic carbocycles. The molecule has 0 atom stereocenters. The topological polar surface area (TPSA) is 26.0 Å². The lowest BCUT2D eigenvalue weighted by atomic mass is 9.80. The van der Waals surface area contributed by atoms with Crippen LogP contribution in [0, 0.1) is 0 Å². The van der Waals surface area contributed by atoms with E-state index in [2.05, 4.69) is 44.2 Å².